The molecular formula is C31H32N2O3S. The summed E-state index contributed by atoms with van der Waals surface area (Å²) in [5.41, 5.74) is 8.59. The van der Waals surface area contributed by atoms with Gasteiger partial charge in [0.05, 0.1) is 5.69 Å². The molecule has 3 aromatic carbocycles. The van der Waals surface area contributed by atoms with Crippen molar-refractivity contribution in [2.24, 2.45) is 0 Å². The van der Waals surface area contributed by atoms with Crippen molar-refractivity contribution in [3.05, 3.63) is 99.9 Å². The Balaban J connectivity index is 1.14. The van der Waals surface area contributed by atoms with Crippen LogP contribution in [0.25, 0.3) is 11.3 Å². The number of rotatable bonds is 10. The van der Waals surface area contributed by atoms with Gasteiger partial charge in [-0.25, -0.2) is 4.98 Å². The highest BCUT2D eigenvalue weighted by Gasteiger charge is 2.13. The lowest BCUT2D eigenvalue weighted by molar-refractivity contribution is -0.136. The third-order valence-corrected chi connectivity index (χ3v) is 7.82. The number of nitrogens with zero attached hydrogens (tertiary/aromatic N) is 2. The lowest BCUT2D eigenvalue weighted by Gasteiger charge is -2.17. The van der Waals surface area contributed by atoms with Crippen molar-refractivity contribution in [2.75, 3.05) is 11.9 Å². The fraction of sp³-hybridized carbons (Fsp3) is 0.290. The van der Waals surface area contributed by atoms with E-state index < -0.39 is 5.97 Å². The molecule has 6 heteroatoms. The number of aliphatic carboxylic acids is 1. The van der Waals surface area contributed by atoms with Crippen LogP contribution in [-0.2, 0) is 37.2 Å². The molecule has 5 rings (SSSR count). The highest BCUT2D eigenvalue weighted by atomic mass is 32.1. The van der Waals surface area contributed by atoms with Crippen molar-refractivity contribution >= 4 is 22.4 Å². The normalized spacial score (nSPS) is 12.7. The molecule has 0 fully saturated rings. The Morgan fingerprint density at radius 2 is 1.65 bits per heavy atom. The van der Waals surface area contributed by atoms with Crippen LogP contribution in [0.1, 0.15) is 47.1 Å². The van der Waals surface area contributed by atoms with E-state index in [4.69, 9.17) is 14.8 Å². The number of thiazole rings is 1. The van der Waals surface area contributed by atoms with Crippen molar-refractivity contribution in [1.82, 2.24) is 4.98 Å². The van der Waals surface area contributed by atoms with Crippen LogP contribution < -0.4 is 9.64 Å². The third-order valence-electron chi connectivity index (χ3n) is 6.86. The van der Waals surface area contributed by atoms with Gasteiger partial charge < -0.3 is 14.7 Å². The lowest BCUT2D eigenvalue weighted by Crippen LogP contribution is -2.16. The minimum atomic E-state index is -0.781. The number of carboxylic acids is 1. The Morgan fingerprint density at radius 1 is 0.946 bits per heavy atom. The molecule has 37 heavy (non-hydrogen) atoms. The zero-order chi connectivity index (χ0) is 25.6. The van der Waals surface area contributed by atoms with Crippen molar-refractivity contribution in [1.29, 1.82) is 0 Å². The first-order valence-corrected chi connectivity index (χ1v) is 13.7. The molecule has 0 unspecified atom stereocenters. The van der Waals surface area contributed by atoms with Gasteiger partial charge in [0.2, 0.25) is 0 Å². The molecule has 0 atom stereocenters. The minimum Gasteiger partial charge on any atom is -0.489 e. The van der Waals surface area contributed by atoms with E-state index in [2.05, 4.69) is 59.8 Å². The summed E-state index contributed by atoms with van der Waals surface area (Å²) in [6.45, 7) is 1.28. The van der Waals surface area contributed by atoms with E-state index in [1.165, 1.54) is 47.9 Å². The number of carboxylic acid groups (broad SMARTS) is 1. The van der Waals surface area contributed by atoms with Gasteiger partial charge in [-0.15, -0.1) is 11.3 Å². The third kappa shape index (κ3) is 6.57. The van der Waals surface area contributed by atoms with Gasteiger partial charge in [-0.3, -0.25) is 4.79 Å². The molecule has 0 amide bonds. The molecule has 0 bridgehead atoms. The van der Waals surface area contributed by atoms with Crippen molar-refractivity contribution in [3.63, 3.8) is 0 Å². The van der Waals surface area contributed by atoms with Gasteiger partial charge in [-0.05, 0) is 78.1 Å². The molecule has 0 spiro atoms. The fourth-order valence-electron chi connectivity index (χ4n) is 4.72. The second-order valence-electron chi connectivity index (χ2n) is 9.70. The number of hydrogen-bond acceptors (Lipinski definition) is 5. The number of fused-ring (bicyclic) bond motifs is 1. The van der Waals surface area contributed by atoms with E-state index in [-0.39, 0.29) is 6.42 Å². The summed E-state index contributed by atoms with van der Waals surface area (Å²) in [5.74, 6) is -0.00198. The van der Waals surface area contributed by atoms with E-state index in [9.17, 15) is 4.79 Å². The largest absolute Gasteiger partial charge is 0.489 e. The average Bonchev–Trinajstić information content (AvgIpc) is 3.42. The standard InChI is InChI=1S/C31H32N2O3S/c1-33(31-32-29(21-37-31)27-14-13-25-4-2-3-5-26(25)18-27)19-23-6-8-24(9-7-23)20-36-28-15-10-22(11-16-28)12-17-30(34)35/h6-11,13-16,18,21H,2-5,12,17,19-20H2,1H3,(H,34,35). The zero-order valence-corrected chi connectivity index (χ0v) is 22.0. The van der Waals surface area contributed by atoms with E-state index >= 15 is 0 Å². The second kappa shape index (κ2) is 11.6. The molecule has 1 aliphatic rings. The van der Waals surface area contributed by atoms with Gasteiger partial charge in [-0.2, -0.15) is 0 Å². The number of aryl methyl sites for hydroxylation is 3. The van der Waals surface area contributed by atoms with E-state index in [1.807, 2.05) is 24.3 Å². The highest BCUT2D eigenvalue weighted by Crippen LogP contribution is 2.31. The maximum absolute atomic E-state index is 10.7. The first-order chi connectivity index (χ1) is 18.0. The van der Waals surface area contributed by atoms with Crippen LogP contribution in [0.5, 0.6) is 5.75 Å². The Morgan fingerprint density at radius 3 is 2.41 bits per heavy atom. The number of hydrogen-bond donors (Lipinski definition) is 1. The molecule has 0 aliphatic heterocycles. The molecule has 5 nitrogen and oxygen atoms in total. The number of benzene rings is 3. The zero-order valence-electron chi connectivity index (χ0n) is 21.2. The molecule has 1 heterocycles. The molecule has 0 saturated heterocycles. The van der Waals surface area contributed by atoms with Crippen LogP contribution in [0.2, 0.25) is 0 Å². The van der Waals surface area contributed by atoms with Crippen LogP contribution in [0.4, 0.5) is 5.13 Å². The molecule has 0 saturated carbocycles. The van der Waals surface area contributed by atoms with Gasteiger partial charge in [-0.1, -0.05) is 48.5 Å². The quantitative estimate of drug-likeness (QED) is 0.250. The lowest BCUT2D eigenvalue weighted by atomic mass is 9.90. The summed E-state index contributed by atoms with van der Waals surface area (Å²) >= 11 is 1.69. The summed E-state index contributed by atoms with van der Waals surface area (Å²) in [6.07, 6.45) is 5.64. The summed E-state index contributed by atoms with van der Waals surface area (Å²) in [7, 11) is 2.09. The first kappa shape index (κ1) is 25.0. The number of carbonyl (C=O) groups is 1. The first-order valence-electron chi connectivity index (χ1n) is 12.8. The maximum Gasteiger partial charge on any atom is 0.303 e. The monoisotopic (exact) mass is 512 g/mol. The summed E-state index contributed by atoms with van der Waals surface area (Å²) in [5, 5.41) is 12.0. The predicted molar refractivity (Wildman–Crippen MR) is 149 cm³/mol. The molecule has 1 N–H and O–H groups in total. The Kier molecular flexibility index (Phi) is 7.85. The van der Waals surface area contributed by atoms with Gasteiger partial charge >= 0.3 is 5.97 Å². The predicted octanol–water partition coefficient (Wildman–Crippen LogP) is 6.92. The Hall–Kier alpha value is -3.64. The molecule has 1 aliphatic carbocycles. The molecule has 0 radical (unpaired) electrons. The molecule has 1 aromatic heterocycles. The van der Waals surface area contributed by atoms with Crippen LogP contribution >= 0.6 is 11.3 Å². The summed E-state index contributed by atoms with van der Waals surface area (Å²) < 4.78 is 5.91. The summed E-state index contributed by atoms with van der Waals surface area (Å²) in [4.78, 5) is 17.8. The smallest absolute Gasteiger partial charge is 0.303 e. The topological polar surface area (TPSA) is 62.7 Å². The van der Waals surface area contributed by atoms with Crippen LogP contribution in [0.3, 0.4) is 0 Å². The number of aromatic nitrogens is 1. The fourth-order valence-corrected chi connectivity index (χ4v) is 5.52. The molecule has 4 aromatic rings. The van der Waals surface area contributed by atoms with Gasteiger partial charge in [0.25, 0.3) is 0 Å². The van der Waals surface area contributed by atoms with Gasteiger partial charge in [0.15, 0.2) is 5.13 Å². The molecule has 190 valence electrons. The van der Waals surface area contributed by atoms with Crippen molar-refractivity contribution in [2.45, 2.75) is 51.7 Å². The maximum atomic E-state index is 10.7. The van der Waals surface area contributed by atoms with Gasteiger partial charge in [0.1, 0.15) is 12.4 Å². The van der Waals surface area contributed by atoms with Crippen LogP contribution in [-0.4, -0.2) is 23.1 Å². The van der Waals surface area contributed by atoms with Crippen molar-refractivity contribution in [3.8, 4) is 17.0 Å². The SMILES string of the molecule is CN(Cc1ccc(COc2ccc(CCC(=O)O)cc2)cc1)c1nc(-c2ccc3c(c2)CCCC3)cs1. The highest BCUT2D eigenvalue weighted by molar-refractivity contribution is 7.14. The Labute approximate surface area is 222 Å². The number of anilines is 1. The van der Waals surface area contributed by atoms with E-state index in [1.54, 1.807) is 11.3 Å². The van der Waals surface area contributed by atoms with Crippen LogP contribution in [0, 0.1) is 0 Å². The Bertz CT molecular complexity index is 1350. The average molecular weight is 513 g/mol. The summed E-state index contributed by atoms with van der Waals surface area (Å²) in [6, 6.07) is 23.0. The van der Waals surface area contributed by atoms with E-state index in [0.29, 0.717) is 13.0 Å². The number of ether oxygens (including phenoxy) is 1. The van der Waals surface area contributed by atoms with Gasteiger partial charge in [0, 0.05) is 31.0 Å². The minimum absolute atomic E-state index is 0.139. The second-order valence-corrected chi connectivity index (χ2v) is 10.5. The molecular weight excluding hydrogens is 480 g/mol. The van der Waals surface area contributed by atoms with E-state index in [0.717, 1.165) is 34.2 Å². The van der Waals surface area contributed by atoms with Crippen molar-refractivity contribution < 1.29 is 14.6 Å². The van der Waals surface area contributed by atoms with Crippen LogP contribution in [0.15, 0.2) is 72.1 Å².